The van der Waals surface area contributed by atoms with Crippen molar-refractivity contribution in [2.24, 2.45) is 5.92 Å². The number of benzene rings is 3. The molecule has 3 aliphatic rings. The summed E-state index contributed by atoms with van der Waals surface area (Å²) < 4.78 is 10.7. The quantitative estimate of drug-likeness (QED) is 0.646. The third-order valence-corrected chi connectivity index (χ3v) is 6.41. The van der Waals surface area contributed by atoms with E-state index < -0.39 is 18.1 Å². The highest BCUT2D eigenvalue weighted by Crippen LogP contribution is 2.55. The highest BCUT2D eigenvalue weighted by Gasteiger charge is 2.53. The maximum Gasteiger partial charge on any atom is 0.407 e. The van der Waals surface area contributed by atoms with Crippen LogP contribution in [0, 0.1) is 5.92 Å². The second kappa shape index (κ2) is 7.91. The molecule has 2 unspecified atom stereocenters. The first-order chi connectivity index (χ1) is 15.2. The summed E-state index contributed by atoms with van der Waals surface area (Å²) in [4.78, 5) is 25.7. The minimum absolute atomic E-state index is 0.147. The molecule has 5 nitrogen and oxygen atoms in total. The Morgan fingerprint density at radius 1 is 0.774 bits per heavy atom. The molecule has 0 aliphatic heterocycles. The molecule has 31 heavy (non-hydrogen) atoms. The molecule has 2 bridgehead atoms. The van der Waals surface area contributed by atoms with E-state index in [9.17, 15) is 9.59 Å². The molecule has 2 atom stereocenters. The summed E-state index contributed by atoms with van der Waals surface area (Å²) in [6.45, 7) is 0.170. The molecular formula is C26H23NO4. The molecule has 3 aliphatic carbocycles. The van der Waals surface area contributed by atoms with Gasteiger partial charge in [0, 0.05) is 11.8 Å². The number of fused-ring (bicyclic) bond motifs is 1. The van der Waals surface area contributed by atoms with Gasteiger partial charge in [-0.15, -0.1) is 0 Å². The molecule has 0 radical (unpaired) electrons. The van der Waals surface area contributed by atoms with Crippen LogP contribution >= 0.6 is 0 Å². The zero-order valence-corrected chi connectivity index (χ0v) is 17.2. The number of alkyl carbamates (subject to hydrolysis) is 1. The summed E-state index contributed by atoms with van der Waals surface area (Å²) >= 11 is 0. The molecule has 0 fully saturated rings. The predicted octanol–water partition coefficient (Wildman–Crippen LogP) is 4.36. The summed E-state index contributed by atoms with van der Waals surface area (Å²) in [6.07, 6.45) is -0.537. The minimum atomic E-state index is -0.537. The largest absolute Gasteiger partial charge is 0.469 e. The third-order valence-electron chi connectivity index (χ3n) is 6.41. The minimum Gasteiger partial charge on any atom is -0.469 e. The Hall–Kier alpha value is -3.60. The van der Waals surface area contributed by atoms with Crippen molar-refractivity contribution in [2.75, 3.05) is 7.11 Å². The van der Waals surface area contributed by atoms with Gasteiger partial charge in [0.15, 0.2) is 0 Å². The van der Waals surface area contributed by atoms with Gasteiger partial charge in [0.2, 0.25) is 0 Å². The van der Waals surface area contributed by atoms with Gasteiger partial charge in [0.05, 0.1) is 19.1 Å². The van der Waals surface area contributed by atoms with Crippen LogP contribution in [0.1, 0.15) is 39.7 Å². The van der Waals surface area contributed by atoms with Gasteiger partial charge >= 0.3 is 12.1 Å². The van der Waals surface area contributed by atoms with Gasteiger partial charge in [-0.1, -0.05) is 78.9 Å². The lowest BCUT2D eigenvalue weighted by atomic mass is 9.56. The summed E-state index contributed by atoms with van der Waals surface area (Å²) in [5.41, 5.74) is 5.43. The number of carbonyl (C=O) groups is 2. The maximum atomic E-state index is 12.9. The molecule has 1 amide bonds. The van der Waals surface area contributed by atoms with Crippen molar-refractivity contribution in [3.05, 3.63) is 107 Å². The number of hydrogen-bond acceptors (Lipinski definition) is 4. The van der Waals surface area contributed by atoms with Gasteiger partial charge in [0.1, 0.15) is 6.61 Å². The van der Waals surface area contributed by atoms with E-state index in [1.165, 1.54) is 7.11 Å². The highest BCUT2D eigenvalue weighted by atomic mass is 16.5. The number of hydrogen-bond donors (Lipinski definition) is 1. The van der Waals surface area contributed by atoms with Crippen LogP contribution in [0.5, 0.6) is 0 Å². The fraction of sp³-hybridized carbons (Fsp3) is 0.231. The summed E-state index contributed by atoms with van der Waals surface area (Å²) in [6, 6.07) is 25.4. The molecular weight excluding hydrogens is 390 g/mol. The normalized spacial score (nSPS) is 22.7. The number of amides is 1. The van der Waals surface area contributed by atoms with Crippen LogP contribution < -0.4 is 5.32 Å². The van der Waals surface area contributed by atoms with Gasteiger partial charge in [0.25, 0.3) is 0 Å². The Labute approximate surface area is 181 Å². The fourth-order valence-electron chi connectivity index (χ4n) is 5.17. The number of rotatable bonds is 4. The number of methoxy groups -OCH3 is 1. The van der Waals surface area contributed by atoms with E-state index >= 15 is 0 Å². The lowest BCUT2D eigenvalue weighted by molar-refractivity contribution is -0.147. The lowest BCUT2D eigenvalue weighted by Crippen LogP contribution is -2.55. The molecule has 3 aromatic rings. The Morgan fingerprint density at radius 2 is 1.29 bits per heavy atom. The van der Waals surface area contributed by atoms with Crippen LogP contribution in [0.2, 0.25) is 0 Å². The second-order valence-electron chi connectivity index (χ2n) is 7.99. The summed E-state index contributed by atoms with van der Waals surface area (Å²) in [5, 5.41) is 3.01. The fourth-order valence-corrected chi connectivity index (χ4v) is 5.17. The molecule has 0 spiro atoms. The van der Waals surface area contributed by atoms with Crippen molar-refractivity contribution >= 4 is 12.1 Å². The van der Waals surface area contributed by atoms with E-state index in [0.717, 1.165) is 27.8 Å². The highest BCUT2D eigenvalue weighted by molar-refractivity contribution is 5.81. The first-order valence-corrected chi connectivity index (χ1v) is 10.4. The van der Waals surface area contributed by atoms with E-state index in [2.05, 4.69) is 29.6 Å². The van der Waals surface area contributed by atoms with Crippen LogP contribution in [-0.2, 0) is 20.9 Å². The lowest BCUT2D eigenvalue weighted by Gasteiger charge is -2.49. The Morgan fingerprint density at radius 3 is 1.84 bits per heavy atom. The molecule has 1 N–H and O–H groups in total. The molecule has 0 saturated heterocycles. The zero-order chi connectivity index (χ0) is 21.4. The van der Waals surface area contributed by atoms with Gasteiger partial charge in [-0.25, -0.2) is 4.79 Å². The van der Waals surface area contributed by atoms with Crippen molar-refractivity contribution < 1.29 is 19.1 Å². The van der Waals surface area contributed by atoms with Crippen LogP contribution in [0.15, 0.2) is 78.9 Å². The van der Waals surface area contributed by atoms with Crippen LogP contribution in [0.3, 0.4) is 0 Å². The maximum absolute atomic E-state index is 12.9. The Bertz CT molecular complexity index is 1080. The summed E-state index contributed by atoms with van der Waals surface area (Å²) in [5.74, 6) is -1.17. The number of ether oxygens (including phenoxy) is 2. The molecule has 0 heterocycles. The van der Waals surface area contributed by atoms with Gasteiger partial charge in [-0.3, -0.25) is 4.79 Å². The van der Waals surface area contributed by atoms with Gasteiger partial charge in [-0.05, 0) is 27.8 Å². The topological polar surface area (TPSA) is 64.6 Å². The molecule has 0 aromatic heterocycles. The van der Waals surface area contributed by atoms with Crippen molar-refractivity contribution in [2.45, 2.75) is 24.5 Å². The predicted molar refractivity (Wildman–Crippen MR) is 116 cm³/mol. The second-order valence-corrected chi connectivity index (χ2v) is 7.99. The van der Waals surface area contributed by atoms with E-state index in [-0.39, 0.29) is 24.4 Å². The standard InChI is InChI=1S/C26H23NO4/c1-30-25(28)23-21-17-11-5-7-13-19(17)22(20-14-8-6-12-18(20)21)24(23)27-26(29)31-15-16-9-3-2-4-10-16/h2-14,21-24H,15H2,1H3,(H,27,29)/t21-,22+,23?,24?. The number of esters is 1. The summed E-state index contributed by atoms with van der Waals surface area (Å²) in [7, 11) is 1.40. The molecule has 0 saturated carbocycles. The van der Waals surface area contributed by atoms with Gasteiger partial charge < -0.3 is 14.8 Å². The molecule has 6 rings (SSSR count). The van der Waals surface area contributed by atoms with Crippen LogP contribution in [0.25, 0.3) is 0 Å². The van der Waals surface area contributed by atoms with Crippen LogP contribution in [0.4, 0.5) is 4.79 Å². The van der Waals surface area contributed by atoms with E-state index in [1.54, 1.807) is 0 Å². The number of nitrogens with one attached hydrogen (secondary N) is 1. The van der Waals surface area contributed by atoms with Gasteiger partial charge in [-0.2, -0.15) is 0 Å². The van der Waals surface area contributed by atoms with E-state index in [1.807, 2.05) is 54.6 Å². The molecule has 3 aromatic carbocycles. The number of carbonyl (C=O) groups excluding carboxylic acids is 2. The Kier molecular flexibility index (Phi) is 4.94. The van der Waals surface area contributed by atoms with E-state index in [0.29, 0.717) is 0 Å². The Balaban J connectivity index is 1.50. The van der Waals surface area contributed by atoms with Crippen molar-refractivity contribution in [1.29, 1.82) is 0 Å². The monoisotopic (exact) mass is 413 g/mol. The van der Waals surface area contributed by atoms with Crippen molar-refractivity contribution in [3.8, 4) is 0 Å². The molecule has 156 valence electrons. The average Bonchev–Trinajstić information content (AvgIpc) is 2.83. The average molecular weight is 413 g/mol. The zero-order valence-electron chi connectivity index (χ0n) is 17.2. The van der Waals surface area contributed by atoms with Crippen molar-refractivity contribution in [3.63, 3.8) is 0 Å². The van der Waals surface area contributed by atoms with Crippen LogP contribution in [-0.4, -0.2) is 25.2 Å². The molecule has 5 heteroatoms. The van der Waals surface area contributed by atoms with Crippen molar-refractivity contribution in [1.82, 2.24) is 5.32 Å². The third kappa shape index (κ3) is 3.26. The SMILES string of the molecule is COC(=O)C1C(NC(=O)OCc2ccccc2)[C@H]2c3ccccc3[C@@H]1c1ccccc12. The smallest absolute Gasteiger partial charge is 0.407 e. The van der Waals surface area contributed by atoms with E-state index in [4.69, 9.17) is 9.47 Å². The first kappa shape index (κ1) is 19.4. The first-order valence-electron chi connectivity index (χ1n) is 10.4.